The molecule has 2 rings (SSSR count). The summed E-state index contributed by atoms with van der Waals surface area (Å²) in [6.45, 7) is 1.37. The van der Waals surface area contributed by atoms with Gasteiger partial charge in [0.15, 0.2) is 0 Å². The number of piperidine rings is 1. The summed E-state index contributed by atoms with van der Waals surface area (Å²) in [5.74, 6) is 0.0500. The molecule has 1 aromatic rings. The van der Waals surface area contributed by atoms with Crippen molar-refractivity contribution in [3.05, 3.63) is 36.2 Å². The molecule has 1 saturated heterocycles. The summed E-state index contributed by atoms with van der Waals surface area (Å²) >= 11 is 0. The zero-order valence-corrected chi connectivity index (χ0v) is 12.9. The first-order valence-corrected chi connectivity index (χ1v) is 6.40. The van der Waals surface area contributed by atoms with Gasteiger partial charge in [0.1, 0.15) is 0 Å². The van der Waals surface area contributed by atoms with Crippen LogP contribution in [0.4, 0.5) is 0 Å². The normalized spacial score (nSPS) is 18.2. The van der Waals surface area contributed by atoms with Crippen molar-refractivity contribution >= 4 is 36.8 Å². The van der Waals surface area contributed by atoms with E-state index in [9.17, 15) is 4.79 Å². The van der Waals surface area contributed by atoms with E-state index in [1.807, 2.05) is 17.0 Å². The van der Waals surface area contributed by atoms with Crippen molar-refractivity contribution in [3.63, 3.8) is 0 Å². The van der Waals surface area contributed by atoms with Gasteiger partial charge in [-0.25, -0.2) is 0 Å². The second-order valence-electron chi connectivity index (χ2n) is 4.54. The third-order valence-corrected chi connectivity index (χ3v) is 3.29. The van der Waals surface area contributed by atoms with Crippen molar-refractivity contribution in [1.82, 2.24) is 9.88 Å². The van der Waals surface area contributed by atoms with E-state index in [0.29, 0.717) is 6.54 Å². The molecule has 1 aromatic heterocycles. The Hall–Kier alpha value is -1.10. The molecule has 0 bridgehead atoms. The Labute approximate surface area is 132 Å². The Balaban J connectivity index is 0.00000180. The molecule has 6 heteroatoms. The molecule has 0 spiro atoms. The average Bonchev–Trinajstić information content (AvgIpc) is 2.45. The van der Waals surface area contributed by atoms with Gasteiger partial charge in [-0.2, -0.15) is 0 Å². The van der Waals surface area contributed by atoms with Gasteiger partial charge in [0.2, 0.25) is 5.91 Å². The highest BCUT2D eigenvalue weighted by Gasteiger charge is 2.23. The lowest BCUT2D eigenvalue weighted by molar-refractivity contribution is -0.129. The van der Waals surface area contributed by atoms with Crippen LogP contribution in [0.2, 0.25) is 0 Å². The van der Waals surface area contributed by atoms with Crippen molar-refractivity contribution in [1.29, 1.82) is 0 Å². The maximum atomic E-state index is 12.1. The first kappa shape index (κ1) is 18.9. The van der Waals surface area contributed by atoms with Gasteiger partial charge in [-0.1, -0.05) is 6.07 Å². The quantitative estimate of drug-likeness (QED) is 0.870. The maximum absolute atomic E-state index is 12.1. The van der Waals surface area contributed by atoms with Crippen LogP contribution in [0.5, 0.6) is 0 Å². The van der Waals surface area contributed by atoms with E-state index < -0.39 is 0 Å². The lowest BCUT2D eigenvalue weighted by Crippen LogP contribution is -2.46. The van der Waals surface area contributed by atoms with Crippen LogP contribution in [0.3, 0.4) is 0 Å². The fraction of sp³-hybridized carbons (Fsp3) is 0.429. The van der Waals surface area contributed by atoms with E-state index in [-0.39, 0.29) is 36.8 Å². The third kappa shape index (κ3) is 5.12. The summed E-state index contributed by atoms with van der Waals surface area (Å²) in [4.78, 5) is 18.0. The largest absolute Gasteiger partial charge is 0.335 e. The summed E-state index contributed by atoms with van der Waals surface area (Å²) < 4.78 is 0. The molecule has 0 aliphatic carbocycles. The number of hydrogen-bond donors (Lipinski definition) is 1. The fourth-order valence-electron chi connectivity index (χ4n) is 2.27. The molecule has 0 saturated carbocycles. The van der Waals surface area contributed by atoms with Gasteiger partial charge in [0, 0.05) is 37.6 Å². The Kier molecular flexibility index (Phi) is 9.21. The molecule has 0 radical (unpaired) electrons. The number of likely N-dealkylation sites (tertiary alicyclic amines) is 1. The minimum atomic E-state index is 0. The van der Waals surface area contributed by atoms with E-state index in [0.717, 1.165) is 31.4 Å². The molecule has 2 N–H and O–H groups in total. The molecule has 4 nitrogen and oxygen atoms in total. The van der Waals surface area contributed by atoms with E-state index in [1.54, 1.807) is 24.5 Å². The Bertz CT molecular complexity index is 426. The van der Waals surface area contributed by atoms with Crippen molar-refractivity contribution < 1.29 is 4.79 Å². The number of carbonyl (C=O) groups is 1. The van der Waals surface area contributed by atoms with E-state index >= 15 is 0 Å². The van der Waals surface area contributed by atoms with Gasteiger partial charge >= 0.3 is 0 Å². The van der Waals surface area contributed by atoms with Crippen LogP contribution >= 0.6 is 24.8 Å². The molecule has 112 valence electrons. The zero-order chi connectivity index (χ0) is 12.8. The van der Waals surface area contributed by atoms with Crippen molar-refractivity contribution in [2.75, 3.05) is 13.1 Å². The number of halogens is 2. The smallest absolute Gasteiger partial charge is 0.246 e. The van der Waals surface area contributed by atoms with Crippen LogP contribution in [0.25, 0.3) is 6.08 Å². The molecule has 2 heterocycles. The molecular formula is C14H21Cl2N3O. The molecule has 1 aliphatic heterocycles. The molecule has 1 fully saturated rings. The van der Waals surface area contributed by atoms with Crippen LogP contribution in [-0.2, 0) is 4.79 Å². The first-order chi connectivity index (χ1) is 8.81. The lowest BCUT2D eigenvalue weighted by Gasteiger charge is -2.34. The Morgan fingerprint density at radius 2 is 2.25 bits per heavy atom. The highest BCUT2D eigenvalue weighted by molar-refractivity contribution is 5.92. The summed E-state index contributed by atoms with van der Waals surface area (Å²) in [5, 5.41) is 0. The number of rotatable bonds is 3. The number of aromatic nitrogens is 1. The van der Waals surface area contributed by atoms with Gasteiger partial charge < -0.3 is 10.6 Å². The summed E-state index contributed by atoms with van der Waals surface area (Å²) in [6.07, 6.45) is 10.1. The summed E-state index contributed by atoms with van der Waals surface area (Å²) in [5.41, 5.74) is 6.65. The SMILES string of the molecule is Cl.Cl.NCC1CCCCN1C(=O)C=Cc1cccnc1. The fourth-order valence-corrected chi connectivity index (χ4v) is 2.27. The van der Waals surface area contributed by atoms with Crippen LogP contribution < -0.4 is 5.73 Å². The van der Waals surface area contributed by atoms with Crippen LogP contribution in [-0.4, -0.2) is 34.9 Å². The maximum Gasteiger partial charge on any atom is 0.246 e. The zero-order valence-electron chi connectivity index (χ0n) is 11.3. The Morgan fingerprint density at radius 3 is 2.90 bits per heavy atom. The summed E-state index contributed by atoms with van der Waals surface area (Å²) in [6, 6.07) is 3.98. The number of hydrogen-bond acceptors (Lipinski definition) is 3. The number of nitrogens with two attached hydrogens (primary N) is 1. The lowest BCUT2D eigenvalue weighted by atomic mass is 10.0. The Morgan fingerprint density at radius 1 is 1.45 bits per heavy atom. The summed E-state index contributed by atoms with van der Waals surface area (Å²) in [7, 11) is 0. The standard InChI is InChI=1S/C14H19N3O.2ClH/c15-10-13-5-1-2-9-17(13)14(18)7-6-12-4-3-8-16-11-12;;/h3-4,6-8,11,13H,1-2,5,9-10,15H2;2*1H. The predicted molar refractivity (Wildman–Crippen MR) is 86.2 cm³/mol. The van der Waals surface area contributed by atoms with Gasteiger partial charge in [-0.05, 0) is 37.0 Å². The highest BCUT2D eigenvalue weighted by atomic mass is 35.5. The first-order valence-electron chi connectivity index (χ1n) is 6.40. The second kappa shape index (κ2) is 9.75. The van der Waals surface area contributed by atoms with Gasteiger partial charge in [0.05, 0.1) is 0 Å². The van der Waals surface area contributed by atoms with Crippen molar-refractivity contribution in [3.8, 4) is 0 Å². The highest BCUT2D eigenvalue weighted by Crippen LogP contribution is 2.16. The molecule has 1 unspecified atom stereocenters. The van der Waals surface area contributed by atoms with E-state index in [2.05, 4.69) is 4.98 Å². The molecule has 20 heavy (non-hydrogen) atoms. The van der Waals surface area contributed by atoms with Gasteiger partial charge in [0.25, 0.3) is 0 Å². The van der Waals surface area contributed by atoms with Crippen LogP contribution in [0, 0.1) is 0 Å². The number of carbonyl (C=O) groups excluding carboxylic acids is 1. The minimum Gasteiger partial charge on any atom is -0.335 e. The number of pyridine rings is 1. The molecule has 1 aliphatic rings. The second-order valence-corrected chi connectivity index (χ2v) is 4.54. The topological polar surface area (TPSA) is 59.2 Å². The van der Waals surface area contributed by atoms with E-state index in [4.69, 9.17) is 5.73 Å². The number of nitrogens with zero attached hydrogens (tertiary/aromatic N) is 2. The van der Waals surface area contributed by atoms with Crippen molar-refractivity contribution in [2.24, 2.45) is 5.73 Å². The third-order valence-electron chi connectivity index (χ3n) is 3.29. The molecular weight excluding hydrogens is 297 g/mol. The molecule has 0 aromatic carbocycles. The number of amides is 1. The monoisotopic (exact) mass is 317 g/mol. The average molecular weight is 318 g/mol. The molecule has 1 atom stereocenters. The predicted octanol–water partition coefficient (Wildman–Crippen LogP) is 2.28. The van der Waals surface area contributed by atoms with Crippen LogP contribution in [0.15, 0.2) is 30.6 Å². The minimum absolute atomic E-state index is 0. The van der Waals surface area contributed by atoms with Crippen molar-refractivity contribution in [2.45, 2.75) is 25.3 Å². The van der Waals surface area contributed by atoms with Crippen LogP contribution in [0.1, 0.15) is 24.8 Å². The molecule has 1 amide bonds. The van der Waals surface area contributed by atoms with E-state index in [1.165, 1.54) is 0 Å². The van der Waals surface area contributed by atoms with Gasteiger partial charge in [-0.15, -0.1) is 24.8 Å². The van der Waals surface area contributed by atoms with Gasteiger partial charge in [-0.3, -0.25) is 9.78 Å².